The lowest BCUT2D eigenvalue weighted by Gasteiger charge is -2.28. The number of ketones is 1. The second-order valence-electron chi connectivity index (χ2n) is 5.81. The molecule has 0 saturated heterocycles. The fourth-order valence-corrected chi connectivity index (χ4v) is 2.48. The Morgan fingerprint density at radius 2 is 1.86 bits per heavy atom. The van der Waals surface area contributed by atoms with Crippen LogP contribution >= 0.6 is 0 Å². The third kappa shape index (κ3) is 3.34. The van der Waals surface area contributed by atoms with Crippen molar-refractivity contribution in [2.75, 3.05) is 0 Å². The van der Waals surface area contributed by atoms with Crippen LogP contribution in [0.1, 0.15) is 43.7 Å². The minimum absolute atomic E-state index is 0.0528. The van der Waals surface area contributed by atoms with E-state index in [1.165, 1.54) is 10.6 Å². The highest BCUT2D eigenvalue weighted by molar-refractivity contribution is 5.97. The molecule has 1 aliphatic carbocycles. The van der Waals surface area contributed by atoms with Gasteiger partial charge in [-0.15, -0.1) is 0 Å². The third-order valence-electron chi connectivity index (χ3n) is 3.83. The summed E-state index contributed by atoms with van der Waals surface area (Å²) in [5.41, 5.74) is 9.88. The number of rotatable bonds is 4. The Hall–Kier alpha value is -2.07. The van der Waals surface area contributed by atoms with E-state index >= 15 is 0 Å². The summed E-state index contributed by atoms with van der Waals surface area (Å²) >= 11 is 0. The molecule has 0 unspecified atom stereocenters. The highest BCUT2D eigenvalue weighted by Crippen LogP contribution is 2.26. The van der Waals surface area contributed by atoms with Crippen LogP contribution in [0.4, 0.5) is 0 Å². The van der Waals surface area contributed by atoms with Crippen molar-refractivity contribution < 1.29 is 4.79 Å². The molecule has 21 heavy (non-hydrogen) atoms. The van der Waals surface area contributed by atoms with Gasteiger partial charge in [0.1, 0.15) is 5.70 Å². The standard InChI is InChI=1S/C17H23N3O/c1-11(2)14-7-5-13(6-8-14)10-20(19)17-12(3)4-9-15(21)16(17)18/h5-8,11H,3-4,9-10,18-19H2,1-2H3. The Morgan fingerprint density at radius 1 is 1.24 bits per heavy atom. The first-order chi connectivity index (χ1) is 9.90. The van der Waals surface area contributed by atoms with Gasteiger partial charge in [-0.2, -0.15) is 0 Å². The quantitative estimate of drug-likeness (QED) is 0.659. The molecular formula is C17H23N3O. The summed E-state index contributed by atoms with van der Waals surface area (Å²) in [5.74, 6) is 6.55. The fourth-order valence-electron chi connectivity index (χ4n) is 2.48. The summed E-state index contributed by atoms with van der Waals surface area (Å²) in [6, 6.07) is 8.32. The largest absolute Gasteiger partial charge is 0.394 e. The molecule has 4 heteroatoms. The van der Waals surface area contributed by atoms with Crippen LogP contribution in [0.2, 0.25) is 0 Å². The molecule has 0 heterocycles. The number of benzene rings is 1. The van der Waals surface area contributed by atoms with Crippen molar-refractivity contribution in [2.45, 2.75) is 39.2 Å². The first kappa shape index (κ1) is 15.3. The summed E-state index contributed by atoms with van der Waals surface area (Å²) in [6.45, 7) is 8.79. The minimum atomic E-state index is -0.0528. The van der Waals surface area contributed by atoms with Crippen molar-refractivity contribution in [3.63, 3.8) is 0 Å². The van der Waals surface area contributed by atoms with Gasteiger partial charge in [0.2, 0.25) is 0 Å². The maximum Gasteiger partial charge on any atom is 0.180 e. The molecule has 2 rings (SSSR count). The second-order valence-corrected chi connectivity index (χ2v) is 5.81. The SMILES string of the molecule is C=C1CCC(=O)C(N)=C1N(N)Cc1ccc(C(C)C)cc1. The molecule has 4 N–H and O–H groups in total. The molecule has 0 radical (unpaired) electrons. The van der Waals surface area contributed by atoms with Gasteiger partial charge in [-0.25, -0.2) is 5.84 Å². The smallest absolute Gasteiger partial charge is 0.180 e. The average Bonchev–Trinajstić information content (AvgIpc) is 2.44. The van der Waals surface area contributed by atoms with Gasteiger partial charge in [0.25, 0.3) is 0 Å². The molecule has 0 fully saturated rings. The van der Waals surface area contributed by atoms with Crippen molar-refractivity contribution in [3.8, 4) is 0 Å². The van der Waals surface area contributed by atoms with E-state index in [0.717, 1.165) is 11.1 Å². The fraction of sp³-hybridized carbons (Fsp3) is 0.353. The highest BCUT2D eigenvalue weighted by Gasteiger charge is 2.24. The lowest BCUT2D eigenvalue weighted by molar-refractivity contribution is -0.116. The maximum atomic E-state index is 11.7. The highest BCUT2D eigenvalue weighted by atomic mass is 16.1. The Bertz CT molecular complexity index is 585. The van der Waals surface area contributed by atoms with Gasteiger partial charge in [-0.05, 0) is 29.0 Å². The summed E-state index contributed by atoms with van der Waals surface area (Å²) in [4.78, 5) is 11.7. The van der Waals surface area contributed by atoms with E-state index in [1.54, 1.807) is 0 Å². The van der Waals surface area contributed by atoms with Gasteiger partial charge in [0.05, 0.1) is 12.2 Å². The van der Waals surface area contributed by atoms with Crippen molar-refractivity contribution in [3.05, 3.63) is 58.9 Å². The van der Waals surface area contributed by atoms with E-state index in [4.69, 9.17) is 11.6 Å². The number of hydrogen-bond donors (Lipinski definition) is 2. The molecule has 1 aromatic rings. The summed E-state index contributed by atoms with van der Waals surface area (Å²) in [6.07, 6.45) is 1.04. The summed E-state index contributed by atoms with van der Waals surface area (Å²) < 4.78 is 0. The lowest BCUT2D eigenvalue weighted by Crippen LogP contribution is -2.36. The zero-order valence-corrected chi connectivity index (χ0v) is 12.7. The zero-order chi connectivity index (χ0) is 15.6. The predicted molar refractivity (Wildman–Crippen MR) is 84.9 cm³/mol. The van der Waals surface area contributed by atoms with E-state index in [9.17, 15) is 4.79 Å². The number of hydrogen-bond acceptors (Lipinski definition) is 4. The van der Waals surface area contributed by atoms with E-state index in [2.05, 4.69) is 44.7 Å². The van der Waals surface area contributed by atoms with Crippen molar-refractivity contribution in [1.82, 2.24) is 5.01 Å². The van der Waals surface area contributed by atoms with Crippen LogP contribution in [0.3, 0.4) is 0 Å². The number of carbonyl (C=O) groups is 1. The van der Waals surface area contributed by atoms with Crippen molar-refractivity contribution in [1.29, 1.82) is 0 Å². The molecular weight excluding hydrogens is 262 g/mol. The van der Waals surface area contributed by atoms with Gasteiger partial charge in [-0.3, -0.25) is 4.79 Å². The first-order valence-corrected chi connectivity index (χ1v) is 7.22. The van der Waals surface area contributed by atoms with Crippen LogP contribution in [-0.4, -0.2) is 10.8 Å². The Kier molecular flexibility index (Phi) is 4.48. The molecule has 0 spiro atoms. The van der Waals surface area contributed by atoms with Gasteiger partial charge in [0, 0.05) is 6.42 Å². The topological polar surface area (TPSA) is 72.4 Å². The van der Waals surface area contributed by atoms with Crippen LogP contribution in [0.5, 0.6) is 0 Å². The second kappa shape index (κ2) is 6.14. The number of hydrazine groups is 1. The van der Waals surface area contributed by atoms with Gasteiger partial charge >= 0.3 is 0 Å². The van der Waals surface area contributed by atoms with Gasteiger partial charge < -0.3 is 10.7 Å². The van der Waals surface area contributed by atoms with Gasteiger partial charge in [0.15, 0.2) is 5.78 Å². The monoisotopic (exact) mass is 285 g/mol. The number of Topliss-reactive ketones (excluding diaryl/α,β-unsaturated/α-hetero) is 1. The van der Waals surface area contributed by atoms with Crippen molar-refractivity contribution >= 4 is 5.78 Å². The number of carbonyl (C=O) groups excluding carboxylic acids is 1. The lowest BCUT2D eigenvalue weighted by atomic mass is 9.95. The molecule has 112 valence electrons. The van der Waals surface area contributed by atoms with E-state index in [1.807, 2.05) is 0 Å². The maximum absolute atomic E-state index is 11.7. The third-order valence-corrected chi connectivity index (χ3v) is 3.83. The molecule has 4 nitrogen and oxygen atoms in total. The predicted octanol–water partition coefficient (Wildman–Crippen LogP) is 2.58. The number of allylic oxidation sites excluding steroid dienone is 2. The van der Waals surface area contributed by atoms with Crippen LogP contribution in [-0.2, 0) is 11.3 Å². The minimum Gasteiger partial charge on any atom is -0.394 e. The zero-order valence-electron chi connectivity index (χ0n) is 12.7. The Balaban J connectivity index is 2.17. The average molecular weight is 285 g/mol. The Morgan fingerprint density at radius 3 is 2.43 bits per heavy atom. The molecule has 0 amide bonds. The van der Waals surface area contributed by atoms with Crippen LogP contribution in [0, 0.1) is 0 Å². The normalized spacial score (nSPS) is 15.8. The summed E-state index contributed by atoms with van der Waals surface area (Å²) in [5, 5.41) is 1.53. The van der Waals surface area contributed by atoms with Crippen molar-refractivity contribution in [2.24, 2.45) is 11.6 Å². The van der Waals surface area contributed by atoms with E-state index in [0.29, 0.717) is 31.0 Å². The van der Waals surface area contributed by atoms with Crippen LogP contribution < -0.4 is 11.6 Å². The molecule has 0 bridgehead atoms. The first-order valence-electron chi connectivity index (χ1n) is 7.22. The van der Waals surface area contributed by atoms with E-state index in [-0.39, 0.29) is 11.5 Å². The van der Waals surface area contributed by atoms with Crippen LogP contribution in [0.25, 0.3) is 0 Å². The molecule has 1 aliphatic rings. The summed E-state index contributed by atoms with van der Waals surface area (Å²) in [7, 11) is 0. The molecule has 1 aromatic carbocycles. The molecule has 0 atom stereocenters. The van der Waals surface area contributed by atoms with E-state index < -0.39 is 0 Å². The molecule has 0 aromatic heterocycles. The molecule has 0 saturated carbocycles. The number of nitrogens with zero attached hydrogens (tertiary/aromatic N) is 1. The number of nitrogens with two attached hydrogens (primary N) is 2. The van der Waals surface area contributed by atoms with Gasteiger partial charge in [-0.1, -0.05) is 44.7 Å². The molecule has 0 aliphatic heterocycles. The van der Waals surface area contributed by atoms with Crippen LogP contribution in [0.15, 0.2) is 47.8 Å². The Labute approximate surface area is 126 Å².